The van der Waals surface area contributed by atoms with Crippen molar-refractivity contribution < 1.29 is 0 Å². The molecular weight excluding hydrogens is 286 g/mol. The van der Waals surface area contributed by atoms with E-state index in [0.717, 1.165) is 15.3 Å². The van der Waals surface area contributed by atoms with Gasteiger partial charge in [-0.05, 0) is 29.9 Å². The van der Waals surface area contributed by atoms with E-state index in [1.807, 2.05) is 6.20 Å². The lowest BCUT2D eigenvalue weighted by molar-refractivity contribution is 0.254. The van der Waals surface area contributed by atoms with Crippen molar-refractivity contribution in [2.24, 2.45) is 5.73 Å². The molecule has 82 valence electrons. The Labute approximate surface area is 103 Å². The van der Waals surface area contributed by atoms with Crippen LogP contribution in [0.5, 0.6) is 0 Å². The maximum absolute atomic E-state index is 5.56. The highest BCUT2D eigenvalue weighted by Gasteiger charge is 2.09. The molecule has 1 aromatic rings. The summed E-state index contributed by atoms with van der Waals surface area (Å²) < 4.78 is 1.08. The van der Waals surface area contributed by atoms with Gasteiger partial charge >= 0.3 is 0 Å². The van der Waals surface area contributed by atoms with Crippen LogP contribution in [0.1, 0.15) is 11.9 Å². The molecule has 1 atom stereocenters. The fourth-order valence-corrected chi connectivity index (χ4v) is 2.28. The fourth-order valence-electron chi connectivity index (χ4n) is 0.910. The van der Waals surface area contributed by atoms with Crippen LogP contribution >= 0.6 is 39.7 Å². The lowest BCUT2D eigenvalue weighted by Gasteiger charge is -2.21. The van der Waals surface area contributed by atoms with Gasteiger partial charge < -0.3 is 5.73 Å². The van der Waals surface area contributed by atoms with Gasteiger partial charge in [-0.3, -0.25) is 4.90 Å². The molecule has 6 heteroatoms. The second kappa shape index (κ2) is 6.74. The summed E-state index contributed by atoms with van der Waals surface area (Å²) in [6.07, 6.45) is 1.83. The van der Waals surface area contributed by atoms with Crippen molar-refractivity contribution in [2.75, 3.05) is 13.6 Å². The Kier molecular flexibility index (Phi) is 6.89. The highest BCUT2D eigenvalue weighted by Crippen LogP contribution is 2.20. The number of likely N-dealkylation sites (N-methyl/N-ethyl adjacent to an activating group) is 1. The monoisotopic (exact) mass is 299 g/mol. The summed E-state index contributed by atoms with van der Waals surface area (Å²) >= 11 is 5.06. The molecule has 0 saturated heterocycles. The van der Waals surface area contributed by atoms with Crippen LogP contribution in [0.15, 0.2) is 9.98 Å². The third-order valence-electron chi connectivity index (χ3n) is 2.00. The summed E-state index contributed by atoms with van der Waals surface area (Å²) in [6, 6.07) is 0.405. The van der Waals surface area contributed by atoms with Crippen molar-refractivity contribution in [3.63, 3.8) is 0 Å². The molecule has 0 amide bonds. The third-order valence-corrected chi connectivity index (χ3v) is 3.46. The van der Waals surface area contributed by atoms with E-state index in [9.17, 15) is 0 Å². The Bertz CT molecular complexity index is 269. The SMILES string of the molecule is CC(CN)N(C)Cc1ncc(Br)s1.Cl. The number of hydrogen-bond donors (Lipinski definition) is 1. The summed E-state index contributed by atoms with van der Waals surface area (Å²) in [5, 5.41) is 1.12. The smallest absolute Gasteiger partial charge is 0.108 e. The second-order valence-electron chi connectivity index (χ2n) is 3.06. The zero-order valence-electron chi connectivity index (χ0n) is 8.24. The summed E-state index contributed by atoms with van der Waals surface area (Å²) in [6.45, 7) is 3.67. The van der Waals surface area contributed by atoms with Gasteiger partial charge in [-0.2, -0.15) is 0 Å². The molecular formula is C8H15BrClN3S. The van der Waals surface area contributed by atoms with Crippen molar-refractivity contribution in [1.29, 1.82) is 0 Å². The zero-order chi connectivity index (χ0) is 9.84. The number of aromatic nitrogens is 1. The molecule has 1 unspecified atom stereocenters. The number of halogens is 2. The van der Waals surface area contributed by atoms with Gasteiger partial charge in [0, 0.05) is 12.6 Å². The van der Waals surface area contributed by atoms with Crippen LogP contribution in [0, 0.1) is 0 Å². The van der Waals surface area contributed by atoms with E-state index >= 15 is 0 Å². The fraction of sp³-hybridized carbons (Fsp3) is 0.625. The minimum atomic E-state index is 0. The average Bonchev–Trinajstić information content (AvgIpc) is 2.49. The Hall–Kier alpha value is 0.320. The van der Waals surface area contributed by atoms with Crippen LogP contribution in [0.4, 0.5) is 0 Å². The average molecular weight is 301 g/mol. The molecule has 2 N–H and O–H groups in total. The first-order valence-corrected chi connectivity index (χ1v) is 5.75. The van der Waals surface area contributed by atoms with E-state index in [4.69, 9.17) is 5.73 Å². The van der Waals surface area contributed by atoms with E-state index in [1.165, 1.54) is 0 Å². The van der Waals surface area contributed by atoms with E-state index in [1.54, 1.807) is 11.3 Å². The molecule has 0 aliphatic rings. The molecule has 0 aliphatic heterocycles. The van der Waals surface area contributed by atoms with Crippen LogP contribution in [0.2, 0.25) is 0 Å². The summed E-state index contributed by atoms with van der Waals surface area (Å²) in [4.78, 5) is 6.46. The van der Waals surface area contributed by atoms with Gasteiger partial charge in [-0.1, -0.05) is 0 Å². The third kappa shape index (κ3) is 4.23. The van der Waals surface area contributed by atoms with E-state index in [0.29, 0.717) is 12.6 Å². The van der Waals surface area contributed by atoms with Gasteiger partial charge in [0.2, 0.25) is 0 Å². The zero-order valence-corrected chi connectivity index (χ0v) is 11.5. The van der Waals surface area contributed by atoms with Gasteiger partial charge in [-0.25, -0.2) is 4.98 Å². The molecule has 0 aromatic carbocycles. The summed E-state index contributed by atoms with van der Waals surface area (Å²) in [5.74, 6) is 0. The number of nitrogens with zero attached hydrogens (tertiary/aromatic N) is 2. The highest BCUT2D eigenvalue weighted by molar-refractivity contribution is 9.11. The van der Waals surface area contributed by atoms with Crippen molar-refractivity contribution in [1.82, 2.24) is 9.88 Å². The Morgan fingerprint density at radius 3 is 2.79 bits per heavy atom. The molecule has 0 spiro atoms. The van der Waals surface area contributed by atoms with Gasteiger partial charge in [0.05, 0.1) is 16.5 Å². The Morgan fingerprint density at radius 2 is 2.36 bits per heavy atom. The molecule has 1 aromatic heterocycles. The first-order chi connectivity index (χ1) is 6.13. The number of hydrogen-bond acceptors (Lipinski definition) is 4. The first kappa shape index (κ1) is 14.3. The van der Waals surface area contributed by atoms with Crippen molar-refractivity contribution in [2.45, 2.75) is 19.5 Å². The van der Waals surface area contributed by atoms with E-state index in [-0.39, 0.29) is 12.4 Å². The molecule has 0 aliphatic carbocycles. The molecule has 0 bridgehead atoms. The summed E-state index contributed by atoms with van der Waals surface area (Å²) in [5.41, 5.74) is 5.56. The van der Waals surface area contributed by atoms with Crippen LogP contribution < -0.4 is 5.73 Å². The van der Waals surface area contributed by atoms with E-state index in [2.05, 4.69) is 39.8 Å². The van der Waals surface area contributed by atoms with Crippen LogP contribution in [-0.2, 0) is 6.54 Å². The number of rotatable bonds is 4. The van der Waals surface area contributed by atoms with Crippen LogP contribution in [0.3, 0.4) is 0 Å². The minimum Gasteiger partial charge on any atom is -0.329 e. The number of nitrogens with two attached hydrogens (primary N) is 1. The molecule has 14 heavy (non-hydrogen) atoms. The molecule has 0 saturated carbocycles. The van der Waals surface area contributed by atoms with Crippen molar-refractivity contribution in [3.05, 3.63) is 15.0 Å². The molecule has 0 radical (unpaired) electrons. The molecule has 1 heterocycles. The lowest BCUT2D eigenvalue weighted by Crippen LogP contribution is -2.34. The predicted molar refractivity (Wildman–Crippen MR) is 67.0 cm³/mol. The first-order valence-electron chi connectivity index (χ1n) is 4.14. The Morgan fingerprint density at radius 1 is 1.71 bits per heavy atom. The molecule has 1 rings (SSSR count). The topological polar surface area (TPSA) is 42.1 Å². The van der Waals surface area contributed by atoms with Gasteiger partial charge in [0.25, 0.3) is 0 Å². The van der Waals surface area contributed by atoms with E-state index < -0.39 is 0 Å². The van der Waals surface area contributed by atoms with Crippen molar-refractivity contribution in [3.8, 4) is 0 Å². The van der Waals surface area contributed by atoms with Gasteiger partial charge in [0.15, 0.2) is 0 Å². The quantitative estimate of drug-likeness (QED) is 0.926. The highest BCUT2D eigenvalue weighted by atomic mass is 79.9. The minimum absolute atomic E-state index is 0. The molecule has 3 nitrogen and oxygen atoms in total. The second-order valence-corrected chi connectivity index (χ2v) is 5.55. The van der Waals surface area contributed by atoms with Gasteiger partial charge in [-0.15, -0.1) is 23.7 Å². The molecule has 0 fully saturated rings. The Balaban J connectivity index is 0.00000169. The van der Waals surface area contributed by atoms with Crippen LogP contribution in [-0.4, -0.2) is 29.5 Å². The predicted octanol–water partition coefficient (Wildman–Crippen LogP) is 2.11. The standard InChI is InChI=1S/C8H14BrN3S.ClH/c1-6(3-10)12(2)5-8-11-4-7(9)13-8;/h4,6H,3,5,10H2,1-2H3;1H. The maximum atomic E-state index is 5.56. The van der Waals surface area contributed by atoms with Crippen LogP contribution in [0.25, 0.3) is 0 Å². The van der Waals surface area contributed by atoms with Gasteiger partial charge in [0.1, 0.15) is 5.01 Å². The number of thiazole rings is 1. The largest absolute Gasteiger partial charge is 0.329 e. The normalized spacial score (nSPS) is 12.6. The maximum Gasteiger partial charge on any atom is 0.108 e. The summed E-state index contributed by atoms with van der Waals surface area (Å²) in [7, 11) is 2.06. The van der Waals surface area contributed by atoms with Crippen molar-refractivity contribution >= 4 is 39.7 Å². The lowest BCUT2D eigenvalue weighted by atomic mass is 10.3.